The van der Waals surface area contributed by atoms with Gasteiger partial charge in [-0.25, -0.2) is 0 Å². The number of tetrazole rings is 1. The van der Waals surface area contributed by atoms with Gasteiger partial charge in [0, 0.05) is 24.2 Å². The van der Waals surface area contributed by atoms with Gasteiger partial charge in [0.15, 0.2) is 5.82 Å². The molecule has 1 amide bonds. The first kappa shape index (κ1) is 14.5. The van der Waals surface area contributed by atoms with Crippen LogP contribution in [0.4, 0.5) is 0 Å². The van der Waals surface area contributed by atoms with Crippen LogP contribution in [0, 0.1) is 6.92 Å². The summed E-state index contributed by atoms with van der Waals surface area (Å²) in [4.78, 5) is 14.6. The number of hydrogen-bond donors (Lipinski definition) is 1. The first-order valence-corrected chi connectivity index (χ1v) is 7.22. The Kier molecular flexibility index (Phi) is 3.56. The van der Waals surface area contributed by atoms with Crippen LogP contribution in [0.15, 0.2) is 18.2 Å². The SMILES string of the molecule is COc1cccc(C(=O)N2CCC(C)(c3nn[nH]n3)C2)c1C. The largest absolute Gasteiger partial charge is 0.496 e. The van der Waals surface area contributed by atoms with Crippen LogP contribution in [-0.4, -0.2) is 51.6 Å². The third-order valence-corrected chi connectivity index (χ3v) is 4.38. The second-order valence-electron chi connectivity index (χ2n) is 5.91. The Balaban J connectivity index is 1.83. The number of carbonyl (C=O) groups excluding carboxylic acids is 1. The lowest BCUT2D eigenvalue weighted by molar-refractivity contribution is 0.0783. The van der Waals surface area contributed by atoms with Crippen molar-refractivity contribution < 1.29 is 9.53 Å². The van der Waals surface area contributed by atoms with E-state index in [1.807, 2.05) is 30.0 Å². The number of nitrogens with one attached hydrogen (secondary N) is 1. The molecule has 1 aromatic heterocycles. The summed E-state index contributed by atoms with van der Waals surface area (Å²) in [6, 6.07) is 5.54. The topological polar surface area (TPSA) is 84.0 Å². The number of aromatic amines is 1. The number of aromatic nitrogens is 4. The van der Waals surface area contributed by atoms with Crippen LogP contribution in [0.25, 0.3) is 0 Å². The van der Waals surface area contributed by atoms with Crippen molar-refractivity contribution in [2.24, 2.45) is 0 Å². The summed E-state index contributed by atoms with van der Waals surface area (Å²) < 4.78 is 5.30. The number of hydrogen-bond acceptors (Lipinski definition) is 5. The molecule has 1 atom stereocenters. The molecule has 1 unspecified atom stereocenters. The Hall–Kier alpha value is -2.44. The van der Waals surface area contributed by atoms with Gasteiger partial charge >= 0.3 is 0 Å². The van der Waals surface area contributed by atoms with Crippen LogP contribution in [0.3, 0.4) is 0 Å². The Labute approximate surface area is 128 Å². The Bertz CT molecular complexity index is 685. The lowest BCUT2D eigenvalue weighted by atomic mass is 9.89. The summed E-state index contributed by atoms with van der Waals surface area (Å²) in [7, 11) is 1.61. The molecule has 1 aliphatic rings. The van der Waals surface area contributed by atoms with Gasteiger partial charge in [-0.2, -0.15) is 5.21 Å². The van der Waals surface area contributed by atoms with Crippen molar-refractivity contribution in [2.45, 2.75) is 25.7 Å². The van der Waals surface area contributed by atoms with Crippen LogP contribution in [0.5, 0.6) is 5.75 Å². The molecule has 2 aromatic rings. The zero-order valence-electron chi connectivity index (χ0n) is 13.0. The summed E-state index contributed by atoms with van der Waals surface area (Å²) in [6.45, 7) is 5.23. The van der Waals surface area contributed by atoms with Crippen molar-refractivity contribution in [3.05, 3.63) is 35.2 Å². The van der Waals surface area contributed by atoms with Gasteiger partial charge in [-0.3, -0.25) is 4.79 Å². The predicted octanol–water partition coefficient (Wildman–Crippen LogP) is 1.32. The van der Waals surface area contributed by atoms with E-state index < -0.39 is 0 Å². The first-order chi connectivity index (χ1) is 10.5. The van der Waals surface area contributed by atoms with Gasteiger partial charge in [0.05, 0.1) is 12.5 Å². The molecule has 3 rings (SSSR count). The maximum Gasteiger partial charge on any atom is 0.254 e. The summed E-state index contributed by atoms with van der Waals surface area (Å²) in [5.74, 6) is 1.40. The van der Waals surface area contributed by atoms with E-state index >= 15 is 0 Å². The van der Waals surface area contributed by atoms with E-state index in [1.54, 1.807) is 7.11 Å². The average molecular weight is 301 g/mol. The second kappa shape index (κ2) is 5.40. The molecule has 0 saturated carbocycles. The third kappa shape index (κ3) is 2.32. The fraction of sp³-hybridized carbons (Fsp3) is 0.467. The minimum absolute atomic E-state index is 0.0172. The summed E-state index contributed by atoms with van der Waals surface area (Å²) in [5.41, 5.74) is 1.29. The summed E-state index contributed by atoms with van der Waals surface area (Å²) in [6.07, 6.45) is 0.821. The minimum atomic E-state index is -0.255. The lowest BCUT2D eigenvalue weighted by Gasteiger charge is -2.22. The molecule has 2 heterocycles. The Morgan fingerprint density at radius 1 is 1.45 bits per heavy atom. The van der Waals surface area contributed by atoms with E-state index in [0.717, 1.165) is 17.7 Å². The summed E-state index contributed by atoms with van der Waals surface area (Å²) in [5, 5.41) is 14.3. The molecule has 116 valence electrons. The standard InChI is InChI=1S/C15H19N5O2/c1-10-11(5-4-6-12(10)22-3)13(21)20-8-7-15(2,9-20)14-16-18-19-17-14/h4-6H,7-9H2,1-3H3,(H,16,17,18,19). The average Bonchev–Trinajstić information content (AvgIpc) is 3.17. The number of ether oxygens (including phenoxy) is 1. The zero-order chi connectivity index (χ0) is 15.7. The molecule has 7 heteroatoms. The van der Waals surface area contributed by atoms with Crippen LogP contribution >= 0.6 is 0 Å². The minimum Gasteiger partial charge on any atom is -0.496 e. The predicted molar refractivity (Wildman–Crippen MR) is 79.8 cm³/mol. The molecule has 1 saturated heterocycles. The Morgan fingerprint density at radius 3 is 2.95 bits per heavy atom. The fourth-order valence-corrected chi connectivity index (χ4v) is 2.97. The smallest absolute Gasteiger partial charge is 0.254 e. The van der Waals surface area contributed by atoms with Crippen molar-refractivity contribution in [2.75, 3.05) is 20.2 Å². The Morgan fingerprint density at radius 2 is 2.27 bits per heavy atom. The molecule has 0 spiro atoms. The maximum atomic E-state index is 12.8. The molecule has 0 aliphatic carbocycles. The van der Waals surface area contributed by atoms with E-state index in [4.69, 9.17) is 4.74 Å². The number of H-pyrrole nitrogens is 1. The zero-order valence-corrected chi connectivity index (χ0v) is 13.0. The molecular weight excluding hydrogens is 282 g/mol. The van der Waals surface area contributed by atoms with Crippen LogP contribution in [0.2, 0.25) is 0 Å². The monoisotopic (exact) mass is 301 g/mol. The molecule has 1 N–H and O–H groups in total. The van der Waals surface area contributed by atoms with Gasteiger partial charge in [0.1, 0.15) is 5.75 Å². The molecule has 1 aromatic carbocycles. The highest BCUT2D eigenvalue weighted by atomic mass is 16.5. The normalized spacial score (nSPS) is 21.1. The third-order valence-electron chi connectivity index (χ3n) is 4.38. The maximum absolute atomic E-state index is 12.8. The van der Waals surface area contributed by atoms with Crippen molar-refractivity contribution >= 4 is 5.91 Å². The molecule has 7 nitrogen and oxygen atoms in total. The van der Waals surface area contributed by atoms with Crippen molar-refractivity contribution in [3.63, 3.8) is 0 Å². The van der Waals surface area contributed by atoms with Gasteiger partial charge in [-0.05, 0) is 25.5 Å². The van der Waals surface area contributed by atoms with E-state index in [9.17, 15) is 4.79 Å². The molecular formula is C15H19N5O2. The van der Waals surface area contributed by atoms with Crippen LogP contribution in [-0.2, 0) is 5.41 Å². The van der Waals surface area contributed by atoms with Crippen LogP contribution in [0.1, 0.15) is 35.1 Å². The van der Waals surface area contributed by atoms with Crippen molar-refractivity contribution in [3.8, 4) is 5.75 Å². The number of benzene rings is 1. The van der Waals surface area contributed by atoms with E-state index in [-0.39, 0.29) is 11.3 Å². The highest BCUT2D eigenvalue weighted by molar-refractivity contribution is 5.96. The number of rotatable bonds is 3. The molecule has 1 aliphatic heterocycles. The quantitative estimate of drug-likeness (QED) is 0.924. The first-order valence-electron chi connectivity index (χ1n) is 7.22. The van der Waals surface area contributed by atoms with E-state index in [0.29, 0.717) is 24.5 Å². The highest BCUT2D eigenvalue weighted by Crippen LogP contribution is 2.33. The number of methoxy groups -OCH3 is 1. The van der Waals surface area contributed by atoms with E-state index in [2.05, 4.69) is 27.5 Å². The second-order valence-corrected chi connectivity index (χ2v) is 5.91. The van der Waals surface area contributed by atoms with E-state index in [1.165, 1.54) is 0 Å². The van der Waals surface area contributed by atoms with Gasteiger partial charge < -0.3 is 9.64 Å². The number of likely N-dealkylation sites (tertiary alicyclic amines) is 1. The number of nitrogens with zero attached hydrogens (tertiary/aromatic N) is 4. The molecule has 0 bridgehead atoms. The van der Waals surface area contributed by atoms with Crippen LogP contribution < -0.4 is 4.74 Å². The molecule has 22 heavy (non-hydrogen) atoms. The summed E-state index contributed by atoms with van der Waals surface area (Å²) >= 11 is 0. The van der Waals surface area contributed by atoms with Gasteiger partial charge in [-0.1, -0.05) is 18.2 Å². The number of carbonyl (C=O) groups is 1. The highest BCUT2D eigenvalue weighted by Gasteiger charge is 2.41. The molecule has 1 fully saturated rings. The molecule has 0 radical (unpaired) electrons. The van der Waals surface area contributed by atoms with Gasteiger partial charge in [0.25, 0.3) is 5.91 Å². The van der Waals surface area contributed by atoms with Crippen molar-refractivity contribution in [1.82, 2.24) is 25.5 Å². The lowest BCUT2D eigenvalue weighted by Crippen LogP contribution is -2.33. The van der Waals surface area contributed by atoms with Gasteiger partial charge in [-0.15, -0.1) is 10.2 Å². The van der Waals surface area contributed by atoms with Gasteiger partial charge in [0.2, 0.25) is 0 Å². The fourth-order valence-electron chi connectivity index (χ4n) is 2.97. The van der Waals surface area contributed by atoms with Crippen molar-refractivity contribution in [1.29, 1.82) is 0 Å². The number of amides is 1.